The van der Waals surface area contributed by atoms with Gasteiger partial charge in [-0.1, -0.05) is 42.8 Å². The molecule has 0 atom stereocenters. The lowest BCUT2D eigenvalue weighted by molar-refractivity contribution is -0.128. The van der Waals surface area contributed by atoms with Crippen LogP contribution in [0, 0.1) is 0 Å². The van der Waals surface area contributed by atoms with E-state index >= 15 is 0 Å². The normalized spacial score (nSPS) is 14.2. The third kappa shape index (κ3) is 4.70. The van der Waals surface area contributed by atoms with Gasteiger partial charge in [-0.15, -0.1) is 0 Å². The van der Waals surface area contributed by atoms with E-state index in [1.807, 2.05) is 35.2 Å². The van der Waals surface area contributed by atoms with Gasteiger partial charge in [0.05, 0.1) is 35.0 Å². The van der Waals surface area contributed by atoms with Crippen LogP contribution in [0.2, 0.25) is 0 Å². The number of nitrogens with zero attached hydrogens (tertiary/aromatic N) is 3. The topological polar surface area (TPSA) is 81.5 Å². The van der Waals surface area contributed by atoms with E-state index in [-0.39, 0.29) is 17.2 Å². The second-order valence-corrected chi connectivity index (χ2v) is 8.62. The summed E-state index contributed by atoms with van der Waals surface area (Å²) in [6.45, 7) is 1.55. The first-order valence-corrected chi connectivity index (χ1v) is 11.7. The minimum atomic E-state index is -0.494. The zero-order valence-corrected chi connectivity index (χ0v) is 18.8. The van der Waals surface area contributed by atoms with Gasteiger partial charge in [0, 0.05) is 13.1 Å². The molecule has 0 saturated carbocycles. The highest BCUT2D eigenvalue weighted by Gasteiger charge is 2.19. The van der Waals surface area contributed by atoms with Crippen molar-refractivity contribution in [2.45, 2.75) is 30.8 Å². The Morgan fingerprint density at radius 1 is 1.03 bits per heavy atom. The van der Waals surface area contributed by atoms with Gasteiger partial charge >= 0.3 is 5.97 Å². The molecular formula is C24H25N3O4S. The maximum absolute atomic E-state index is 13.4. The smallest absolute Gasteiger partial charge is 0.337 e. The fourth-order valence-electron chi connectivity index (χ4n) is 3.85. The fraction of sp³-hybridized carbons (Fsp3) is 0.333. The number of hydrogen-bond donors (Lipinski definition) is 0. The standard InChI is InChI=1S/C24H25N3O4S/c1-31-23(30)17-11-12-19-20(15-17)25-24(27(22(19)29)18-9-5-4-6-10-18)32-16-21(28)26-13-7-2-3-8-14-26/h4-6,9-12,15H,2-3,7-8,13-14,16H2,1H3. The highest BCUT2D eigenvalue weighted by atomic mass is 32.2. The Hall–Kier alpha value is -3.13. The molecule has 1 amide bonds. The summed E-state index contributed by atoms with van der Waals surface area (Å²) in [5.41, 5.74) is 1.15. The number of fused-ring (bicyclic) bond motifs is 1. The van der Waals surface area contributed by atoms with Crippen molar-refractivity contribution in [2.75, 3.05) is 26.0 Å². The summed E-state index contributed by atoms with van der Waals surface area (Å²) in [6.07, 6.45) is 4.35. The lowest BCUT2D eigenvalue weighted by atomic mass is 10.1. The van der Waals surface area contributed by atoms with Gasteiger partial charge in [-0.3, -0.25) is 14.2 Å². The van der Waals surface area contributed by atoms with Crippen molar-refractivity contribution in [1.82, 2.24) is 14.5 Å². The van der Waals surface area contributed by atoms with Gasteiger partial charge in [0.1, 0.15) is 0 Å². The molecule has 166 valence electrons. The Morgan fingerprint density at radius 3 is 2.44 bits per heavy atom. The summed E-state index contributed by atoms with van der Waals surface area (Å²) < 4.78 is 6.32. The lowest BCUT2D eigenvalue weighted by Gasteiger charge is -2.20. The molecule has 0 bridgehead atoms. The number of methoxy groups -OCH3 is 1. The zero-order chi connectivity index (χ0) is 22.5. The molecule has 2 heterocycles. The molecule has 1 fully saturated rings. The van der Waals surface area contributed by atoms with Crippen molar-refractivity contribution < 1.29 is 14.3 Å². The number of hydrogen-bond acceptors (Lipinski definition) is 6. The fourth-order valence-corrected chi connectivity index (χ4v) is 4.76. The molecule has 0 radical (unpaired) electrons. The second kappa shape index (κ2) is 9.99. The van der Waals surface area contributed by atoms with Gasteiger partial charge in [0.25, 0.3) is 5.56 Å². The minimum absolute atomic E-state index is 0.0502. The van der Waals surface area contributed by atoms with Crippen LogP contribution in [0.3, 0.4) is 0 Å². The third-order valence-electron chi connectivity index (χ3n) is 5.56. The van der Waals surface area contributed by atoms with Crippen LogP contribution in [0.25, 0.3) is 16.6 Å². The molecule has 1 saturated heterocycles. The summed E-state index contributed by atoms with van der Waals surface area (Å²) in [6, 6.07) is 13.9. The number of carbonyl (C=O) groups excluding carboxylic acids is 2. The van der Waals surface area contributed by atoms with Crippen LogP contribution in [0.4, 0.5) is 0 Å². The molecule has 7 nitrogen and oxygen atoms in total. The van der Waals surface area contributed by atoms with E-state index in [0.29, 0.717) is 27.3 Å². The van der Waals surface area contributed by atoms with Crippen LogP contribution in [-0.2, 0) is 9.53 Å². The van der Waals surface area contributed by atoms with E-state index < -0.39 is 5.97 Å². The monoisotopic (exact) mass is 451 g/mol. The van der Waals surface area contributed by atoms with Crippen LogP contribution >= 0.6 is 11.8 Å². The molecule has 1 aliphatic rings. The Kier molecular flexibility index (Phi) is 6.90. The number of thioether (sulfide) groups is 1. The minimum Gasteiger partial charge on any atom is -0.465 e. The van der Waals surface area contributed by atoms with Crippen molar-refractivity contribution in [1.29, 1.82) is 0 Å². The molecule has 4 rings (SSSR count). The number of amides is 1. The van der Waals surface area contributed by atoms with E-state index in [4.69, 9.17) is 4.74 Å². The van der Waals surface area contributed by atoms with Crippen LogP contribution in [0.5, 0.6) is 0 Å². The third-order valence-corrected chi connectivity index (χ3v) is 6.48. The number of benzene rings is 2. The van der Waals surface area contributed by atoms with E-state index in [2.05, 4.69) is 4.98 Å². The molecule has 3 aromatic rings. The largest absolute Gasteiger partial charge is 0.465 e. The Labute approximate surface area is 190 Å². The van der Waals surface area contributed by atoms with E-state index in [1.54, 1.807) is 18.2 Å². The molecule has 2 aromatic carbocycles. The summed E-state index contributed by atoms with van der Waals surface area (Å²) in [7, 11) is 1.31. The number of carbonyl (C=O) groups is 2. The molecular weight excluding hydrogens is 426 g/mol. The number of para-hydroxylation sites is 1. The van der Waals surface area contributed by atoms with Crippen LogP contribution < -0.4 is 5.56 Å². The van der Waals surface area contributed by atoms with E-state index in [9.17, 15) is 14.4 Å². The maximum Gasteiger partial charge on any atom is 0.337 e. The van der Waals surface area contributed by atoms with Crippen molar-refractivity contribution in [3.8, 4) is 5.69 Å². The first-order chi connectivity index (χ1) is 15.6. The second-order valence-electron chi connectivity index (χ2n) is 7.68. The lowest BCUT2D eigenvalue weighted by Crippen LogP contribution is -2.33. The molecule has 32 heavy (non-hydrogen) atoms. The quantitative estimate of drug-likeness (QED) is 0.335. The average Bonchev–Trinajstić information content (AvgIpc) is 3.12. The molecule has 1 aromatic heterocycles. The van der Waals surface area contributed by atoms with E-state index in [0.717, 1.165) is 38.8 Å². The molecule has 8 heteroatoms. The number of rotatable bonds is 5. The van der Waals surface area contributed by atoms with Gasteiger partial charge in [-0.25, -0.2) is 9.78 Å². The van der Waals surface area contributed by atoms with Crippen molar-refractivity contribution >= 4 is 34.5 Å². The van der Waals surface area contributed by atoms with Crippen molar-refractivity contribution in [3.05, 3.63) is 64.4 Å². The van der Waals surface area contributed by atoms with Gasteiger partial charge in [-0.05, 0) is 43.2 Å². The highest BCUT2D eigenvalue weighted by Crippen LogP contribution is 2.23. The van der Waals surface area contributed by atoms with Gasteiger partial charge in [0.2, 0.25) is 5.91 Å². The molecule has 0 spiro atoms. The van der Waals surface area contributed by atoms with Gasteiger partial charge in [-0.2, -0.15) is 0 Å². The predicted octanol–water partition coefficient (Wildman–Crippen LogP) is 3.67. The Bertz CT molecular complexity index is 1190. The number of likely N-dealkylation sites (tertiary alicyclic amines) is 1. The van der Waals surface area contributed by atoms with Crippen LogP contribution in [0.1, 0.15) is 36.0 Å². The van der Waals surface area contributed by atoms with Crippen LogP contribution in [0.15, 0.2) is 58.5 Å². The molecule has 0 N–H and O–H groups in total. The van der Waals surface area contributed by atoms with Crippen molar-refractivity contribution in [3.63, 3.8) is 0 Å². The van der Waals surface area contributed by atoms with E-state index in [1.165, 1.54) is 23.4 Å². The summed E-state index contributed by atoms with van der Waals surface area (Å²) >= 11 is 1.24. The van der Waals surface area contributed by atoms with Crippen molar-refractivity contribution in [2.24, 2.45) is 0 Å². The molecule has 0 aliphatic carbocycles. The Morgan fingerprint density at radius 2 is 1.75 bits per heavy atom. The first kappa shape index (κ1) is 22.1. The van der Waals surface area contributed by atoms with Gasteiger partial charge in [0.15, 0.2) is 5.16 Å². The number of ether oxygens (including phenoxy) is 1. The average molecular weight is 452 g/mol. The SMILES string of the molecule is COC(=O)c1ccc2c(=O)n(-c3ccccc3)c(SCC(=O)N3CCCCCC3)nc2c1. The highest BCUT2D eigenvalue weighted by molar-refractivity contribution is 7.99. The predicted molar refractivity (Wildman–Crippen MR) is 124 cm³/mol. The summed E-state index contributed by atoms with van der Waals surface area (Å²) in [4.78, 5) is 44.7. The molecule has 0 unspecified atom stereocenters. The summed E-state index contributed by atoms with van der Waals surface area (Å²) in [5, 5.41) is 0.809. The van der Waals surface area contributed by atoms with Crippen LogP contribution in [-0.4, -0.2) is 52.3 Å². The first-order valence-electron chi connectivity index (χ1n) is 10.7. The summed E-state index contributed by atoms with van der Waals surface area (Å²) in [5.74, 6) is -0.248. The molecule has 1 aliphatic heterocycles. The number of aromatic nitrogens is 2. The maximum atomic E-state index is 13.4. The number of esters is 1. The Balaban J connectivity index is 1.73. The van der Waals surface area contributed by atoms with Gasteiger partial charge < -0.3 is 9.64 Å². The zero-order valence-electron chi connectivity index (χ0n) is 18.0.